The van der Waals surface area contributed by atoms with Crippen molar-refractivity contribution in [3.05, 3.63) is 65.2 Å². The Morgan fingerprint density at radius 3 is 2.20 bits per heavy atom. The van der Waals surface area contributed by atoms with Crippen LogP contribution in [0.2, 0.25) is 0 Å². The number of hydrogen-bond acceptors (Lipinski definition) is 5. The van der Waals surface area contributed by atoms with Crippen LogP contribution in [0.4, 0.5) is 5.69 Å². The van der Waals surface area contributed by atoms with Gasteiger partial charge in [-0.05, 0) is 36.8 Å². The number of carbonyl (C=O) groups is 2. The number of nitrogens with zero attached hydrogens (tertiary/aromatic N) is 4. The van der Waals surface area contributed by atoms with Crippen LogP contribution in [0.1, 0.15) is 21.5 Å². The summed E-state index contributed by atoms with van der Waals surface area (Å²) in [5.41, 5.74) is 3.35. The number of morpholine rings is 1. The molecule has 0 bridgehead atoms. The molecule has 2 aromatic rings. The van der Waals surface area contributed by atoms with Gasteiger partial charge in [-0.3, -0.25) is 9.69 Å². The Hall–Kier alpha value is -3.43. The molecule has 0 unspecified atom stereocenters. The Kier molecular flexibility index (Phi) is 8.33. The first-order chi connectivity index (χ1) is 17.0. The van der Waals surface area contributed by atoms with Crippen molar-refractivity contribution in [2.45, 2.75) is 13.5 Å². The number of anilines is 1. The van der Waals surface area contributed by atoms with E-state index >= 15 is 0 Å². The molecule has 9 nitrogen and oxygen atoms in total. The topological polar surface area (TPSA) is 97.7 Å². The molecule has 0 saturated carbocycles. The molecular weight excluding hydrogens is 446 g/mol. The number of carboxylic acids is 1. The third-order valence-corrected chi connectivity index (χ3v) is 6.31. The van der Waals surface area contributed by atoms with Gasteiger partial charge in [0.15, 0.2) is 5.96 Å². The number of amides is 1. The van der Waals surface area contributed by atoms with Crippen molar-refractivity contribution in [1.29, 1.82) is 0 Å². The van der Waals surface area contributed by atoms with E-state index in [9.17, 15) is 14.7 Å². The molecule has 2 N–H and O–H groups in total. The van der Waals surface area contributed by atoms with Gasteiger partial charge in [0, 0.05) is 45.0 Å². The highest BCUT2D eigenvalue weighted by Crippen LogP contribution is 2.14. The summed E-state index contributed by atoms with van der Waals surface area (Å²) in [6.45, 7) is 8.58. The standard InChI is InChI=1S/C26H33N5O4/c1-20-2-4-21(5-3-20)18-27-26(28-23-8-6-22(7-9-23)25(33)34)31-12-10-29(11-13-31)19-24(32)30-14-16-35-17-15-30/h2-9H,10-19H2,1H3,(H,27,28)(H,33,34). The smallest absolute Gasteiger partial charge is 0.335 e. The molecule has 0 radical (unpaired) electrons. The predicted octanol–water partition coefficient (Wildman–Crippen LogP) is 2.14. The fourth-order valence-electron chi connectivity index (χ4n) is 4.13. The third kappa shape index (κ3) is 7.03. The number of rotatable bonds is 6. The Morgan fingerprint density at radius 2 is 1.57 bits per heavy atom. The summed E-state index contributed by atoms with van der Waals surface area (Å²) in [5, 5.41) is 12.6. The van der Waals surface area contributed by atoms with Gasteiger partial charge < -0.3 is 25.0 Å². The lowest BCUT2D eigenvalue weighted by atomic mass is 10.1. The van der Waals surface area contributed by atoms with Crippen LogP contribution in [0.3, 0.4) is 0 Å². The van der Waals surface area contributed by atoms with Crippen molar-refractivity contribution >= 4 is 23.5 Å². The Labute approximate surface area is 206 Å². The van der Waals surface area contributed by atoms with Gasteiger partial charge in [-0.2, -0.15) is 0 Å². The van der Waals surface area contributed by atoms with Crippen LogP contribution in [-0.4, -0.2) is 96.7 Å². The van der Waals surface area contributed by atoms with Crippen LogP contribution < -0.4 is 5.32 Å². The molecule has 2 aliphatic heterocycles. The van der Waals surface area contributed by atoms with E-state index in [0.29, 0.717) is 39.4 Å². The van der Waals surface area contributed by atoms with Gasteiger partial charge in [-0.25, -0.2) is 9.79 Å². The molecule has 0 spiro atoms. The average Bonchev–Trinajstić information content (AvgIpc) is 2.89. The van der Waals surface area contributed by atoms with Gasteiger partial charge in [0.1, 0.15) is 0 Å². The lowest BCUT2D eigenvalue weighted by molar-refractivity contribution is -0.136. The highest BCUT2D eigenvalue weighted by Gasteiger charge is 2.24. The van der Waals surface area contributed by atoms with Gasteiger partial charge in [0.2, 0.25) is 5.91 Å². The molecular formula is C26H33N5O4. The van der Waals surface area contributed by atoms with Gasteiger partial charge in [0.25, 0.3) is 0 Å². The monoisotopic (exact) mass is 479 g/mol. The molecule has 2 saturated heterocycles. The number of aliphatic imine (C=N–C) groups is 1. The van der Waals surface area contributed by atoms with Gasteiger partial charge in [-0.1, -0.05) is 29.8 Å². The average molecular weight is 480 g/mol. The van der Waals surface area contributed by atoms with Crippen LogP contribution in [-0.2, 0) is 16.1 Å². The van der Waals surface area contributed by atoms with E-state index < -0.39 is 5.97 Å². The van der Waals surface area contributed by atoms with E-state index in [0.717, 1.165) is 43.4 Å². The van der Waals surface area contributed by atoms with Crippen molar-refractivity contribution < 1.29 is 19.4 Å². The molecule has 1 amide bonds. The number of ether oxygens (including phenoxy) is 1. The minimum Gasteiger partial charge on any atom is -0.478 e. The Morgan fingerprint density at radius 1 is 0.914 bits per heavy atom. The van der Waals surface area contributed by atoms with E-state index in [1.807, 2.05) is 4.90 Å². The summed E-state index contributed by atoms with van der Waals surface area (Å²) in [6, 6.07) is 15.0. The molecule has 0 atom stereocenters. The first kappa shape index (κ1) is 24.7. The summed E-state index contributed by atoms with van der Waals surface area (Å²) in [5.74, 6) is -0.0491. The SMILES string of the molecule is Cc1ccc(CN=C(Nc2ccc(C(=O)O)cc2)N2CCN(CC(=O)N3CCOCC3)CC2)cc1. The van der Waals surface area contributed by atoms with Gasteiger partial charge >= 0.3 is 5.97 Å². The van der Waals surface area contributed by atoms with Crippen LogP contribution in [0.15, 0.2) is 53.5 Å². The number of carbonyl (C=O) groups excluding carboxylic acids is 1. The quantitative estimate of drug-likeness (QED) is 0.484. The minimum atomic E-state index is -0.951. The van der Waals surface area contributed by atoms with Crippen LogP contribution >= 0.6 is 0 Å². The number of aromatic carboxylic acids is 1. The number of hydrogen-bond donors (Lipinski definition) is 2. The van der Waals surface area contributed by atoms with E-state index in [1.54, 1.807) is 24.3 Å². The number of aryl methyl sites for hydroxylation is 1. The molecule has 4 rings (SSSR count). The maximum atomic E-state index is 12.6. The zero-order valence-electron chi connectivity index (χ0n) is 20.2. The zero-order chi connectivity index (χ0) is 24.6. The van der Waals surface area contributed by atoms with E-state index in [2.05, 4.69) is 46.3 Å². The molecule has 35 heavy (non-hydrogen) atoms. The first-order valence-corrected chi connectivity index (χ1v) is 12.0. The Bertz CT molecular complexity index is 1020. The van der Waals surface area contributed by atoms with Gasteiger partial charge in [0.05, 0.1) is 31.9 Å². The van der Waals surface area contributed by atoms with Crippen LogP contribution in [0.25, 0.3) is 0 Å². The minimum absolute atomic E-state index is 0.159. The summed E-state index contributed by atoms with van der Waals surface area (Å²) in [6.07, 6.45) is 0. The highest BCUT2D eigenvalue weighted by atomic mass is 16.5. The molecule has 2 fully saturated rings. The molecule has 0 aromatic heterocycles. The first-order valence-electron chi connectivity index (χ1n) is 12.0. The van der Waals surface area contributed by atoms with E-state index in [-0.39, 0.29) is 11.5 Å². The van der Waals surface area contributed by atoms with Crippen molar-refractivity contribution in [3.63, 3.8) is 0 Å². The van der Waals surface area contributed by atoms with Crippen molar-refractivity contribution in [2.24, 2.45) is 4.99 Å². The largest absolute Gasteiger partial charge is 0.478 e. The lowest BCUT2D eigenvalue weighted by Gasteiger charge is -2.37. The Balaban J connectivity index is 1.40. The number of carboxylic acid groups (broad SMARTS) is 1. The number of piperazine rings is 1. The molecule has 2 heterocycles. The molecule has 0 aliphatic carbocycles. The normalized spacial score (nSPS) is 17.3. The fraction of sp³-hybridized carbons (Fsp3) is 0.423. The second kappa shape index (κ2) is 11.8. The maximum absolute atomic E-state index is 12.6. The maximum Gasteiger partial charge on any atom is 0.335 e. The zero-order valence-corrected chi connectivity index (χ0v) is 20.2. The number of guanidine groups is 1. The summed E-state index contributed by atoms with van der Waals surface area (Å²) in [4.78, 5) is 34.9. The molecule has 9 heteroatoms. The van der Waals surface area contributed by atoms with E-state index in [4.69, 9.17) is 9.73 Å². The summed E-state index contributed by atoms with van der Waals surface area (Å²) in [7, 11) is 0. The number of nitrogens with one attached hydrogen (secondary N) is 1. The van der Waals surface area contributed by atoms with Crippen LogP contribution in [0.5, 0.6) is 0 Å². The molecule has 2 aromatic carbocycles. The fourth-order valence-corrected chi connectivity index (χ4v) is 4.13. The van der Waals surface area contributed by atoms with Crippen molar-refractivity contribution in [2.75, 3.05) is 64.3 Å². The van der Waals surface area contributed by atoms with Crippen molar-refractivity contribution in [3.8, 4) is 0 Å². The van der Waals surface area contributed by atoms with Gasteiger partial charge in [-0.15, -0.1) is 0 Å². The van der Waals surface area contributed by atoms with E-state index in [1.165, 1.54) is 5.56 Å². The highest BCUT2D eigenvalue weighted by molar-refractivity contribution is 5.94. The molecule has 186 valence electrons. The second-order valence-electron chi connectivity index (χ2n) is 8.89. The number of benzene rings is 2. The molecule has 2 aliphatic rings. The lowest BCUT2D eigenvalue weighted by Crippen LogP contribution is -2.53. The third-order valence-electron chi connectivity index (χ3n) is 6.31. The second-order valence-corrected chi connectivity index (χ2v) is 8.89. The summed E-state index contributed by atoms with van der Waals surface area (Å²) < 4.78 is 5.34. The predicted molar refractivity (Wildman–Crippen MR) is 135 cm³/mol. The summed E-state index contributed by atoms with van der Waals surface area (Å²) >= 11 is 0. The van der Waals surface area contributed by atoms with Crippen LogP contribution in [0, 0.1) is 6.92 Å². The van der Waals surface area contributed by atoms with Crippen molar-refractivity contribution in [1.82, 2.24) is 14.7 Å².